The van der Waals surface area contributed by atoms with E-state index in [4.69, 9.17) is 23.2 Å². The van der Waals surface area contributed by atoms with Crippen molar-refractivity contribution in [1.29, 1.82) is 0 Å². The Bertz CT molecular complexity index is 668. The maximum Gasteiger partial charge on any atom is 0.123 e. The maximum absolute atomic E-state index is 12.9. The summed E-state index contributed by atoms with van der Waals surface area (Å²) in [4.78, 5) is 2.44. The van der Waals surface area contributed by atoms with E-state index in [2.05, 4.69) is 10.2 Å². The van der Waals surface area contributed by atoms with Crippen LogP contribution in [0.1, 0.15) is 24.0 Å². The Morgan fingerprint density at radius 3 is 2.29 bits per heavy atom. The monoisotopic (exact) mass is 366 g/mol. The van der Waals surface area contributed by atoms with Gasteiger partial charge in [0.25, 0.3) is 0 Å². The van der Waals surface area contributed by atoms with E-state index in [1.165, 1.54) is 17.7 Å². The van der Waals surface area contributed by atoms with Gasteiger partial charge in [-0.15, -0.1) is 0 Å². The molecule has 3 rings (SSSR count). The van der Waals surface area contributed by atoms with Gasteiger partial charge in [0.05, 0.1) is 10.0 Å². The Hall–Kier alpha value is -1.13. The summed E-state index contributed by atoms with van der Waals surface area (Å²) in [5.74, 6) is -0.186. The molecule has 1 aliphatic rings. The smallest absolute Gasteiger partial charge is 0.123 e. The molecule has 0 bridgehead atoms. The average Bonchev–Trinajstić information content (AvgIpc) is 2.59. The third-order valence-electron chi connectivity index (χ3n) is 4.49. The minimum Gasteiger partial charge on any atom is -0.310 e. The largest absolute Gasteiger partial charge is 0.310 e. The van der Waals surface area contributed by atoms with Crippen LogP contribution in [0.25, 0.3) is 0 Å². The summed E-state index contributed by atoms with van der Waals surface area (Å²) in [6, 6.07) is 13.0. The number of nitrogens with zero attached hydrogens (tertiary/aromatic N) is 1. The van der Waals surface area contributed by atoms with Crippen molar-refractivity contribution in [1.82, 2.24) is 10.2 Å². The van der Waals surface area contributed by atoms with Crippen molar-refractivity contribution in [3.63, 3.8) is 0 Å². The van der Waals surface area contributed by atoms with Gasteiger partial charge in [-0.25, -0.2) is 4.39 Å². The SMILES string of the molecule is Fc1ccc(CNC2CCN(Cc3ccc(Cl)c(Cl)c3)CC2)cc1. The lowest BCUT2D eigenvalue weighted by Gasteiger charge is -2.32. The second kappa shape index (κ2) is 8.30. The van der Waals surface area contributed by atoms with Crippen molar-refractivity contribution in [2.45, 2.75) is 32.0 Å². The fraction of sp³-hybridized carbons (Fsp3) is 0.368. The first-order chi connectivity index (χ1) is 11.6. The Morgan fingerprint density at radius 1 is 0.958 bits per heavy atom. The molecule has 128 valence electrons. The Kier molecular flexibility index (Phi) is 6.12. The molecule has 1 aliphatic heterocycles. The lowest BCUT2D eigenvalue weighted by Crippen LogP contribution is -2.41. The standard InChI is InChI=1S/C19H21Cl2FN2/c20-18-6-3-15(11-19(18)21)13-24-9-7-17(8-10-24)23-12-14-1-4-16(22)5-2-14/h1-6,11,17,23H,7-10,12-13H2. The van der Waals surface area contributed by atoms with Crippen LogP contribution in [0, 0.1) is 5.82 Å². The van der Waals surface area contributed by atoms with Gasteiger partial charge < -0.3 is 5.32 Å². The number of nitrogens with one attached hydrogen (secondary N) is 1. The molecule has 2 aromatic rings. The molecule has 24 heavy (non-hydrogen) atoms. The fourth-order valence-electron chi connectivity index (χ4n) is 3.06. The van der Waals surface area contributed by atoms with Crippen LogP contribution < -0.4 is 5.32 Å². The van der Waals surface area contributed by atoms with Crippen molar-refractivity contribution >= 4 is 23.2 Å². The molecule has 0 spiro atoms. The molecule has 1 fully saturated rings. The normalized spacial score (nSPS) is 16.5. The highest BCUT2D eigenvalue weighted by Crippen LogP contribution is 2.24. The van der Waals surface area contributed by atoms with Crippen LogP contribution in [0.2, 0.25) is 10.0 Å². The van der Waals surface area contributed by atoms with Crippen LogP contribution in [0.15, 0.2) is 42.5 Å². The molecule has 0 radical (unpaired) electrons. The van der Waals surface area contributed by atoms with Crippen molar-refractivity contribution in [2.24, 2.45) is 0 Å². The molecular formula is C19H21Cl2FN2. The number of halogens is 3. The number of piperidine rings is 1. The number of likely N-dealkylation sites (tertiary alicyclic amines) is 1. The first kappa shape index (κ1) is 17.7. The van der Waals surface area contributed by atoms with Crippen LogP contribution in [0.3, 0.4) is 0 Å². The molecule has 1 saturated heterocycles. The van der Waals surface area contributed by atoms with Gasteiger partial charge in [0.15, 0.2) is 0 Å². The number of hydrogen-bond acceptors (Lipinski definition) is 2. The highest BCUT2D eigenvalue weighted by Gasteiger charge is 2.19. The van der Waals surface area contributed by atoms with Crippen LogP contribution in [0.4, 0.5) is 4.39 Å². The van der Waals surface area contributed by atoms with Crippen LogP contribution >= 0.6 is 23.2 Å². The van der Waals surface area contributed by atoms with E-state index in [0.717, 1.165) is 44.6 Å². The molecular weight excluding hydrogens is 346 g/mol. The zero-order valence-electron chi connectivity index (χ0n) is 13.4. The van der Waals surface area contributed by atoms with E-state index in [1.54, 1.807) is 0 Å². The highest BCUT2D eigenvalue weighted by atomic mass is 35.5. The first-order valence-electron chi connectivity index (χ1n) is 8.24. The first-order valence-corrected chi connectivity index (χ1v) is 9.00. The molecule has 5 heteroatoms. The van der Waals surface area contributed by atoms with Crippen LogP contribution in [-0.2, 0) is 13.1 Å². The summed E-state index contributed by atoms with van der Waals surface area (Å²) < 4.78 is 12.9. The zero-order chi connectivity index (χ0) is 16.9. The summed E-state index contributed by atoms with van der Waals surface area (Å²) in [6.07, 6.45) is 2.23. The summed E-state index contributed by atoms with van der Waals surface area (Å²) >= 11 is 12.0. The molecule has 0 amide bonds. The van der Waals surface area contributed by atoms with Crippen LogP contribution in [0.5, 0.6) is 0 Å². The quantitative estimate of drug-likeness (QED) is 0.810. The molecule has 0 aliphatic carbocycles. The van der Waals surface area contributed by atoms with Gasteiger partial charge in [0.2, 0.25) is 0 Å². The topological polar surface area (TPSA) is 15.3 Å². The Labute approximate surface area is 152 Å². The molecule has 0 aromatic heterocycles. The minimum absolute atomic E-state index is 0.186. The Balaban J connectivity index is 1.43. The summed E-state index contributed by atoms with van der Waals surface area (Å²) in [5.41, 5.74) is 2.32. The summed E-state index contributed by atoms with van der Waals surface area (Å²) in [5, 5.41) is 4.79. The van der Waals surface area contributed by atoms with Gasteiger partial charge in [0, 0.05) is 19.1 Å². The van der Waals surface area contributed by atoms with E-state index in [9.17, 15) is 4.39 Å². The van der Waals surface area contributed by atoms with Crippen molar-refractivity contribution in [2.75, 3.05) is 13.1 Å². The van der Waals surface area contributed by atoms with E-state index in [0.29, 0.717) is 16.1 Å². The number of hydrogen-bond donors (Lipinski definition) is 1. The molecule has 0 saturated carbocycles. The lowest BCUT2D eigenvalue weighted by molar-refractivity contribution is 0.190. The van der Waals surface area contributed by atoms with Gasteiger partial charge >= 0.3 is 0 Å². The third kappa shape index (κ3) is 4.93. The molecule has 0 atom stereocenters. The van der Waals surface area contributed by atoms with Crippen molar-refractivity contribution in [3.8, 4) is 0 Å². The van der Waals surface area contributed by atoms with E-state index < -0.39 is 0 Å². The molecule has 1 N–H and O–H groups in total. The molecule has 1 heterocycles. The van der Waals surface area contributed by atoms with Gasteiger partial charge in [-0.3, -0.25) is 4.90 Å². The van der Waals surface area contributed by atoms with Gasteiger partial charge in [0.1, 0.15) is 5.82 Å². The number of rotatable bonds is 5. The maximum atomic E-state index is 12.9. The molecule has 2 aromatic carbocycles. The third-order valence-corrected chi connectivity index (χ3v) is 5.22. The van der Waals surface area contributed by atoms with E-state index >= 15 is 0 Å². The lowest BCUT2D eigenvalue weighted by atomic mass is 10.0. The summed E-state index contributed by atoms with van der Waals surface area (Å²) in [6.45, 7) is 3.81. The summed E-state index contributed by atoms with van der Waals surface area (Å²) in [7, 11) is 0. The second-order valence-corrected chi connectivity index (χ2v) is 7.12. The Morgan fingerprint density at radius 2 is 1.62 bits per heavy atom. The van der Waals surface area contributed by atoms with Gasteiger partial charge in [-0.2, -0.15) is 0 Å². The van der Waals surface area contributed by atoms with Crippen molar-refractivity contribution < 1.29 is 4.39 Å². The molecule has 0 unspecified atom stereocenters. The number of benzene rings is 2. The minimum atomic E-state index is -0.186. The van der Waals surface area contributed by atoms with Crippen LogP contribution in [-0.4, -0.2) is 24.0 Å². The second-order valence-electron chi connectivity index (χ2n) is 6.31. The average molecular weight is 367 g/mol. The zero-order valence-corrected chi connectivity index (χ0v) is 15.0. The van der Waals surface area contributed by atoms with Crippen molar-refractivity contribution in [3.05, 3.63) is 69.5 Å². The predicted octanol–water partition coefficient (Wildman–Crippen LogP) is 4.89. The predicted molar refractivity (Wildman–Crippen MR) is 98.0 cm³/mol. The van der Waals surface area contributed by atoms with Gasteiger partial charge in [-0.05, 0) is 61.3 Å². The molecule has 2 nitrogen and oxygen atoms in total. The van der Waals surface area contributed by atoms with Gasteiger partial charge in [-0.1, -0.05) is 41.4 Å². The van der Waals surface area contributed by atoms with E-state index in [-0.39, 0.29) is 5.82 Å². The van der Waals surface area contributed by atoms with E-state index in [1.807, 2.05) is 30.3 Å². The highest BCUT2D eigenvalue weighted by molar-refractivity contribution is 6.42. The fourth-order valence-corrected chi connectivity index (χ4v) is 3.38.